The summed E-state index contributed by atoms with van der Waals surface area (Å²) in [5, 5.41) is 1.14. The molecule has 1 nitrogen and oxygen atoms in total. The van der Waals surface area contributed by atoms with Gasteiger partial charge in [-0.1, -0.05) is 12.1 Å². The average Bonchev–Trinajstić information content (AvgIpc) is 2.04. The molecule has 0 bridgehead atoms. The zero-order valence-corrected chi connectivity index (χ0v) is 9.26. The minimum Gasteiger partial charge on any atom is -0.254 e. The maximum absolute atomic E-state index is 4.29. The molecule has 2 aromatic rings. The molecule has 2 rings (SSSR count). The standard InChI is InChI=1S/C9H5Br2N/c10-7-4-6-2-1-3-8(11)9(6)12-5-7/h1-5H. The molecule has 0 unspecified atom stereocenters. The molecular weight excluding hydrogens is 282 g/mol. The number of benzene rings is 1. The minimum absolute atomic E-state index is 1.00. The van der Waals surface area contributed by atoms with Crippen LogP contribution >= 0.6 is 31.9 Å². The van der Waals surface area contributed by atoms with Crippen molar-refractivity contribution >= 4 is 42.8 Å². The van der Waals surface area contributed by atoms with Gasteiger partial charge >= 0.3 is 0 Å². The molecule has 0 spiro atoms. The average molecular weight is 287 g/mol. The van der Waals surface area contributed by atoms with Crippen LogP contribution in [-0.2, 0) is 0 Å². The predicted octanol–water partition coefficient (Wildman–Crippen LogP) is 3.76. The van der Waals surface area contributed by atoms with Crippen LogP contribution in [0.15, 0.2) is 39.4 Å². The molecule has 0 saturated carbocycles. The summed E-state index contributed by atoms with van der Waals surface area (Å²) in [5.74, 6) is 0. The lowest BCUT2D eigenvalue weighted by molar-refractivity contribution is 1.38. The van der Waals surface area contributed by atoms with Crippen molar-refractivity contribution in [1.29, 1.82) is 0 Å². The SMILES string of the molecule is Brc1cnc2c(Br)cccc2c1. The van der Waals surface area contributed by atoms with Crippen molar-refractivity contribution in [3.8, 4) is 0 Å². The lowest BCUT2D eigenvalue weighted by atomic mass is 10.2. The number of para-hydroxylation sites is 1. The third-order valence-electron chi connectivity index (χ3n) is 1.63. The van der Waals surface area contributed by atoms with E-state index in [1.165, 1.54) is 0 Å². The van der Waals surface area contributed by atoms with Crippen LogP contribution in [0.2, 0.25) is 0 Å². The summed E-state index contributed by atoms with van der Waals surface area (Å²) in [6, 6.07) is 8.08. The highest BCUT2D eigenvalue weighted by Crippen LogP contribution is 2.23. The number of fused-ring (bicyclic) bond motifs is 1. The highest BCUT2D eigenvalue weighted by Gasteiger charge is 1.98. The van der Waals surface area contributed by atoms with Crippen LogP contribution in [0.5, 0.6) is 0 Å². The summed E-state index contributed by atoms with van der Waals surface area (Å²) >= 11 is 6.82. The second-order valence-electron chi connectivity index (χ2n) is 2.47. The van der Waals surface area contributed by atoms with Gasteiger partial charge in [-0.15, -0.1) is 0 Å². The summed E-state index contributed by atoms with van der Waals surface area (Å²) in [6.07, 6.45) is 1.80. The number of aromatic nitrogens is 1. The van der Waals surface area contributed by atoms with Crippen LogP contribution < -0.4 is 0 Å². The van der Waals surface area contributed by atoms with Crippen LogP contribution in [-0.4, -0.2) is 4.98 Å². The Morgan fingerprint density at radius 2 is 2.00 bits per heavy atom. The van der Waals surface area contributed by atoms with Crippen molar-refractivity contribution in [3.63, 3.8) is 0 Å². The lowest BCUT2D eigenvalue weighted by Crippen LogP contribution is -1.79. The number of rotatable bonds is 0. The highest BCUT2D eigenvalue weighted by atomic mass is 79.9. The van der Waals surface area contributed by atoms with Gasteiger partial charge in [-0.25, -0.2) is 0 Å². The number of hydrogen-bond donors (Lipinski definition) is 0. The lowest BCUT2D eigenvalue weighted by Gasteiger charge is -1.98. The zero-order valence-electron chi connectivity index (χ0n) is 6.09. The Balaban J connectivity index is 2.86. The Labute approximate surface area is 87.1 Å². The topological polar surface area (TPSA) is 12.9 Å². The van der Waals surface area contributed by atoms with Crippen LogP contribution in [0.4, 0.5) is 0 Å². The molecule has 12 heavy (non-hydrogen) atoms. The molecule has 0 aliphatic heterocycles. The fourth-order valence-corrected chi connectivity index (χ4v) is 1.93. The van der Waals surface area contributed by atoms with Crippen molar-refractivity contribution in [3.05, 3.63) is 39.4 Å². The summed E-state index contributed by atoms with van der Waals surface area (Å²) in [7, 11) is 0. The van der Waals surface area contributed by atoms with Gasteiger partial charge in [-0.05, 0) is 44.0 Å². The smallest absolute Gasteiger partial charge is 0.0844 e. The van der Waals surface area contributed by atoms with Gasteiger partial charge in [0.15, 0.2) is 0 Å². The van der Waals surface area contributed by atoms with Gasteiger partial charge in [0.05, 0.1) is 5.52 Å². The first-order valence-corrected chi connectivity index (χ1v) is 5.06. The highest BCUT2D eigenvalue weighted by molar-refractivity contribution is 9.11. The molecule has 1 aromatic carbocycles. The van der Waals surface area contributed by atoms with E-state index in [0.29, 0.717) is 0 Å². The summed E-state index contributed by atoms with van der Waals surface area (Å²) in [4.78, 5) is 4.29. The molecule has 3 heteroatoms. The predicted molar refractivity (Wildman–Crippen MR) is 57.1 cm³/mol. The molecule has 0 atom stereocenters. The van der Waals surface area contributed by atoms with Crippen LogP contribution in [0.3, 0.4) is 0 Å². The van der Waals surface area contributed by atoms with Gasteiger partial charge in [0.2, 0.25) is 0 Å². The first kappa shape index (κ1) is 8.20. The molecule has 0 saturated heterocycles. The first-order chi connectivity index (χ1) is 5.77. The fourth-order valence-electron chi connectivity index (χ4n) is 1.10. The van der Waals surface area contributed by atoms with Gasteiger partial charge in [0.25, 0.3) is 0 Å². The Hall–Kier alpha value is -0.410. The Morgan fingerprint density at radius 1 is 1.17 bits per heavy atom. The Kier molecular flexibility index (Phi) is 2.15. The van der Waals surface area contributed by atoms with Crippen molar-refractivity contribution in [2.24, 2.45) is 0 Å². The van der Waals surface area contributed by atoms with E-state index in [-0.39, 0.29) is 0 Å². The van der Waals surface area contributed by atoms with E-state index in [9.17, 15) is 0 Å². The van der Waals surface area contributed by atoms with E-state index in [1.807, 2.05) is 24.3 Å². The van der Waals surface area contributed by atoms with E-state index in [4.69, 9.17) is 0 Å². The van der Waals surface area contributed by atoms with Gasteiger partial charge in [-0.2, -0.15) is 0 Å². The van der Waals surface area contributed by atoms with Gasteiger partial charge < -0.3 is 0 Å². The summed E-state index contributed by atoms with van der Waals surface area (Å²) < 4.78 is 2.04. The number of nitrogens with zero attached hydrogens (tertiary/aromatic N) is 1. The van der Waals surface area contributed by atoms with E-state index in [2.05, 4.69) is 36.8 Å². The maximum atomic E-state index is 4.29. The van der Waals surface area contributed by atoms with Crippen molar-refractivity contribution in [2.45, 2.75) is 0 Å². The number of hydrogen-bond acceptors (Lipinski definition) is 1. The number of pyridine rings is 1. The fraction of sp³-hybridized carbons (Fsp3) is 0. The molecular formula is C9H5Br2N. The van der Waals surface area contributed by atoms with Crippen molar-refractivity contribution in [1.82, 2.24) is 4.98 Å². The molecule has 0 aliphatic carbocycles. The zero-order chi connectivity index (χ0) is 8.55. The Bertz CT molecular complexity index is 426. The number of halogens is 2. The van der Waals surface area contributed by atoms with Gasteiger partial charge in [0.1, 0.15) is 0 Å². The molecule has 1 aromatic heterocycles. The third-order valence-corrected chi connectivity index (χ3v) is 2.70. The van der Waals surface area contributed by atoms with E-state index >= 15 is 0 Å². The van der Waals surface area contributed by atoms with Crippen molar-refractivity contribution < 1.29 is 0 Å². The van der Waals surface area contributed by atoms with Crippen molar-refractivity contribution in [2.75, 3.05) is 0 Å². The van der Waals surface area contributed by atoms with Gasteiger partial charge in [0, 0.05) is 20.5 Å². The monoisotopic (exact) mass is 285 g/mol. The summed E-state index contributed by atoms with van der Waals surface area (Å²) in [5.41, 5.74) is 1.00. The normalized spacial score (nSPS) is 10.5. The van der Waals surface area contributed by atoms with Gasteiger partial charge in [-0.3, -0.25) is 4.98 Å². The van der Waals surface area contributed by atoms with Crippen LogP contribution in [0, 0.1) is 0 Å². The summed E-state index contributed by atoms with van der Waals surface area (Å²) in [6.45, 7) is 0. The first-order valence-electron chi connectivity index (χ1n) is 3.47. The third kappa shape index (κ3) is 1.39. The molecule has 0 N–H and O–H groups in total. The maximum Gasteiger partial charge on any atom is 0.0844 e. The second kappa shape index (κ2) is 3.15. The minimum atomic E-state index is 1.00. The molecule has 60 valence electrons. The molecule has 0 fully saturated rings. The quantitative estimate of drug-likeness (QED) is 0.719. The Morgan fingerprint density at radius 3 is 2.83 bits per heavy atom. The largest absolute Gasteiger partial charge is 0.254 e. The van der Waals surface area contributed by atoms with Crippen LogP contribution in [0.1, 0.15) is 0 Å². The molecule has 0 amide bonds. The van der Waals surface area contributed by atoms with E-state index < -0.39 is 0 Å². The molecule has 0 aliphatic rings. The molecule has 1 heterocycles. The molecule has 0 radical (unpaired) electrons. The van der Waals surface area contributed by atoms with Crippen LogP contribution in [0.25, 0.3) is 10.9 Å². The van der Waals surface area contributed by atoms with E-state index in [1.54, 1.807) is 6.20 Å². The second-order valence-corrected chi connectivity index (χ2v) is 4.24. The van der Waals surface area contributed by atoms with E-state index in [0.717, 1.165) is 19.8 Å².